The Morgan fingerprint density at radius 1 is 1.26 bits per heavy atom. The van der Waals surface area contributed by atoms with Crippen LogP contribution in [0.2, 0.25) is 0 Å². The van der Waals surface area contributed by atoms with Gasteiger partial charge in [0, 0.05) is 11.3 Å². The molecule has 1 aliphatic carbocycles. The molecule has 0 spiro atoms. The van der Waals surface area contributed by atoms with Crippen molar-refractivity contribution >= 4 is 17.5 Å². The molecule has 0 aliphatic heterocycles. The highest BCUT2D eigenvalue weighted by molar-refractivity contribution is 8.01. The normalized spacial score (nSPS) is 18.3. The van der Waals surface area contributed by atoms with Gasteiger partial charge in [-0.15, -0.1) is 11.8 Å². The molecular formula is C15H18F2OS. The zero-order valence-electron chi connectivity index (χ0n) is 11.0. The van der Waals surface area contributed by atoms with Crippen molar-refractivity contribution in [3.63, 3.8) is 0 Å². The minimum atomic E-state index is -0.763. The molecular weight excluding hydrogens is 266 g/mol. The van der Waals surface area contributed by atoms with Gasteiger partial charge in [0.25, 0.3) is 0 Å². The zero-order valence-corrected chi connectivity index (χ0v) is 11.8. The van der Waals surface area contributed by atoms with E-state index in [4.69, 9.17) is 0 Å². The second-order valence-electron chi connectivity index (χ2n) is 5.03. The quantitative estimate of drug-likeness (QED) is 0.751. The van der Waals surface area contributed by atoms with Gasteiger partial charge in [-0.05, 0) is 31.9 Å². The van der Waals surface area contributed by atoms with Crippen LogP contribution in [-0.4, -0.2) is 16.3 Å². The van der Waals surface area contributed by atoms with Gasteiger partial charge in [-0.3, -0.25) is 4.79 Å². The van der Waals surface area contributed by atoms with Gasteiger partial charge in [0.05, 0.1) is 10.8 Å². The predicted molar refractivity (Wildman–Crippen MR) is 74.6 cm³/mol. The van der Waals surface area contributed by atoms with Crippen LogP contribution in [0.1, 0.15) is 49.4 Å². The number of hydrogen-bond acceptors (Lipinski definition) is 2. The molecule has 4 heteroatoms. The zero-order chi connectivity index (χ0) is 13.8. The standard InChI is InChI=1S/C15H18F2OS/c1-10(19-12-5-3-2-4-6-12)15(18)13-8-7-11(16)9-14(13)17/h7-10,12H,2-6H2,1H3. The average molecular weight is 284 g/mol. The van der Waals surface area contributed by atoms with E-state index in [0.717, 1.165) is 25.0 Å². The van der Waals surface area contributed by atoms with Gasteiger partial charge in [0.2, 0.25) is 0 Å². The predicted octanol–water partition coefficient (Wildman–Crippen LogP) is 4.60. The summed E-state index contributed by atoms with van der Waals surface area (Å²) < 4.78 is 26.4. The van der Waals surface area contributed by atoms with Crippen LogP contribution < -0.4 is 0 Å². The molecule has 0 heterocycles. The Morgan fingerprint density at radius 3 is 2.58 bits per heavy atom. The van der Waals surface area contributed by atoms with Crippen LogP contribution in [0.3, 0.4) is 0 Å². The number of benzene rings is 1. The van der Waals surface area contributed by atoms with Crippen LogP contribution >= 0.6 is 11.8 Å². The Hall–Kier alpha value is -0.900. The van der Waals surface area contributed by atoms with E-state index in [-0.39, 0.29) is 16.6 Å². The molecule has 1 aliphatic rings. The minimum absolute atomic E-state index is 0.00258. The molecule has 1 fully saturated rings. The Labute approximate surface area is 116 Å². The smallest absolute Gasteiger partial charge is 0.178 e. The van der Waals surface area contributed by atoms with Crippen LogP contribution in [0.25, 0.3) is 0 Å². The number of thioether (sulfide) groups is 1. The number of rotatable bonds is 4. The molecule has 0 bridgehead atoms. The highest BCUT2D eigenvalue weighted by Crippen LogP contribution is 2.32. The maximum atomic E-state index is 13.6. The number of halogens is 2. The minimum Gasteiger partial charge on any atom is -0.293 e. The lowest BCUT2D eigenvalue weighted by Gasteiger charge is -2.23. The highest BCUT2D eigenvalue weighted by Gasteiger charge is 2.24. The van der Waals surface area contributed by atoms with Crippen molar-refractivity contribution in [2.45, 2.75) is 49.5 Å². The Balaban J connectivity index is 2.01. The Kier molecular flexibility index (Phi) is 4.97. The Morgan fingerprint density at radius 2 is 1.95 bits per heavy atom. The van der Waals surface area contributed by atoms with E-state index >= 15 is 0 Å². The molecule has 1 saturated carbocycles. The molecule has 0 amide bonds. The molecule has 1 nitrogen and oxygen atoms in total. The summed E-state index contributed by atoms with van der Waals surface area (Å²) >= 11 is 1.63. The first kappa shape index (κ1) is 14.5. The van der Waals surface area contributed by atoms with Gasteiger partial charge in [0.15, 0.2) is 5.78 Å². The highest BCUT2D eigenvalue weighted by atomic mass is 32.2. The lowest BCUT2D eigenvalue weighted by molar-refractivity contribution is 0.0989. The fourth-order valence-electron chi connectivity index (χ4n) is 2.46. The van der Waals surface area contributed by atoms with E-state index in [2.05, 4.69) is 0 Å². The Bertz CT molecular complexity index is 455. The second kappa shape index (κ2) is 6.51. The molecule has 0 radical (unpaired) electrons. The topological polar surface area (TPSA) is 17.1 Å². The van der Waals surface area contributed by atoms with Gasteiger partial charge in [-0.2, -0.15) is 0 Å². The third kappa shape index (κ3) is 3.78. The molecule has 0 N–H and O–H groups in total. The van der Waals surface area contributed by atoms with Crippen LogP contribution in [0.4, 0.5) is 8.78 Å². The number of ketones is 1. The molecule has 2 rings (SSSR count). The van der Waals surface area contributed by atoms with E-state index in [0.29, 0.717) is 5.25 Å². The van der Waals surface area contributed by atoms with Gasteiger partial charge in [-0.1, -0.05) is 19.3 Å². The summed E-state index contributed by atoms with van der Waals surface area (Å²) in [5.74, 6) is -1.66. The number of carbonyl (C=O) groups excluding carboxylic acids is 1. The van der Waals surface area contributed by atoms with E-state index in [1.807, 2.05) is 6.92 Å². The van der Waals surface area contributed by atoms with E-state index in [1.165, 1.54) is 25.3 Å². The summed E-state index contributed by atoms with van der Waals surface area (Å²) in [6.07, 6.45) is 5.96. The largest absolute Gasteiger partial charge is 0.293 e. The summed E-state index contributed by atoms with van der Waals surface area (Å²) in [4.78, 5) is 12.2. The average Bonchev–Trinajstić information content (AvgIpc) is 2.39. The first-order valence-corrected chi connectivity index (χ1v) is 7.67. The van der Waals surface area contributed by atoms with Gasteiger partial charge >= 0.3 is 0 Å². The van der Waals surface area contributed by atoms with Crippen LogP contribution in [0.5, 0.6) is 0 Å². The summed E-state index contributed by atoms with van der Waals surface area (Å²) in [5, 5.41) is 0.222. The van der Waals surface area contributed by atoms with Crippen molar-refractivity contribution in [2.24, 2.45) is 0 Å². The van der Waals surface area contributed by atoms with Gasteiger partial charge in [0.1, 0.15) is 11.6 Å². The third-order valence-electron chi connectivity index (χ3n) is 3.51. The first-order valence-electron chi connectivity index (χ1n) is 6.72. The summed E-state index contributed by atoms with van der Waals surface area (Å²) in [7, 11) is 0. The number of Topliss-reactive ketones (excluding diaryl/α,β-unsaturated/α-hetero) is 1. The molecule has 1 aromatic rings. The summed E-state index contributed by atoms with van der Waals surface area (Å²) in [6, 6.07) is 3.14. The molecule has 0 aromatic heterocycles. The molecule has 19 heavy (non-hydrogen) atoms. The van der Waals surface area contributed by atoms with Crippen molar-refractivity contribution < 1.29 is 13.6 Å². The lowest BCUT2D eigenvalue weighted by atomic mass is 10.0. The first-order chi connectivity index (χ1) is 9.08. The van der Waals surface area contributed by atoms with Gasteiger partial charge < -0.3 is 0 Å². The van der Waals surface area contributed by atoms with E-state index in [1.54, 1.807) is 11.8 Å². The fourth-order valence-corrected chi connectivity index (χ4v) is 3.89. The molecule has 1 atom stereocenters. The SMILES string of the molecule is CC(SC1CCCCC1)C(=O)c1ccc(F)cc1F. The summed E-state index contributed by atoms with van der Waals surface area (Å²) in [6.45, 7) is 1.81. The lowest BCUT2D eigenvalue weighted by Crippen LogP contribution is -2.20. The van der Waals surface area contributed by atoms with Crippen molar-refractivity contribution in [1.82, 2.24) is 0 Å². The number of carbonyl (C=O) groups is 1. The van der Waals surface area contributed by atoms with Crippen molar-refractivity contribution in [1.29, 1.82) is 0 Å². The third-order valence-corrected chi connectivity index (χ3v) is 4.99. The van der Waals surface area contributed by atoms with Crippen molar-refractivity contribution in [3.05, 3.63) is 35.4 Å². The monoisotopic (exact) mass is 284 g/mol. The van der Waals surface area contributed by atoms with Crippen LogP contribution in [-0.2, 0) is 0 Å². The van der Waals surface area contributed by atoms with Crippen LogP contribution in [0.15, 0.2) is 18.2 Å². The van der Waals surface area contributed by atoms with Crippen molar-refractivity contribution in [3.8, 4) is 0 Å². The van der Waals surface area contributed by atoms with E-state index in [9.17, 15) is 13.6 Å². The molecule has 1 aromatic carbocycles. The maximum absolute atomic E-state index is 13.6. The number of hydrogen-bond donors (Lipinski definition) is 0. The van der Waals surface area contributed by atoms with Crippen LogP contribution in [0, 0.1) is 11.6 Å². The second-order valence-corrected chi connectivity index (χ2v) is 6.67. The maximum Gasteiger partial charge on any atom is 0.178 e. The fraction of sp³-hybridized carbons (Fsp3) is 0.533. The molecule has 0 saturated heterocycles. The summed E-state index contributed by atoms with van der Waals surface area (Å²) in [5.41, 5.74) is -0.00258. The van der Waals surface area contributed by atoms with E-state index < -0.39 is 11.6 Å². The molecule has 104 valence electrons. The van der Waals surface area contributed by atoms with Gasteiger partial charge in [-0.25, -0.2) is 8.78 Å². The molecule has 1 unspecified atom stereocenters. The van der Waals surface area contributed by atoms with Crippen molar-refractivity contribution in [2.75, 3.05) is 0 Å².